The van der Waals surface area contributed by atoms with Crippen LogP contribution in [0, 0.1) is 11.8 Å². The first-order valence-electron chi connectivity index (χ1n) is 7.21. The van der Waals surface area contributed by atoms with E-state index in [0.717, 1.165) is 19.3 Å². The second kappa shape index (κ2) is 6.11. The first-order chi connectivity index (χ1) is 10.3. The van der Waals surface area contributed by atoms with Crippen LogP contribution in [0.25, 0.3) is 0 Å². The number of hydrogen-bond acceptors (Lipinski definition) is 3. The SMILES string of the molecule is NC1CCCC2CN(S(=O)(=O)c3c(Cl)cc(Cl)cc3Cl)CC12. The van der Waals surface area contributed by atoms with Gasteiger partial charge in [-0.25, -0.2) is 8.42 Å². The number of rotatable bonds is 2. The third-order valence-corrected chi connectivity index (χ3v) is 7.65. The predicted octanol–water partition coefficient (Wildman–Crippen LogP) is 3.39. The van der Waals surface area contributed by atoms with Crippen molar-refractivity contribution in [2.75, 3.05) is 13.1 Å². The van der Waals surface area contributed by atoms with Crippen LogP contribution in [0.3, 0.4) is 0 Å². The number of hydrogen-bond donors (Lipinski definition) is 1. The maximum atomic E-state index is 12.9. The highest BCUT2D eigenvalue weighted by Gasteiger charge is 2.44. The summed E-state index contributed by atoms with van der Waals surface area (Å²) in [5, 5.41) is 0.416. The van der Waals surface area contributed by atoms with Gasteiger partial charge >= 0.3 is 0 Å². The molecule has 1 aromatic rings. The minimum Gasteiger partial charge on any atom is -0.327 e. The Balaban J connectivity index is 1.95. The summed E-state index contributed by atoms with van der Waals surface area (Å²) in [6, 6.07) is 2.86. The van der Waals surface area contributed by atoms with Crippen LogP contribution in [0.1, 0.15) is 19.3 Å². The van der Waals surface area contributed by atoms with Crippen LogP contribution in [0.15, 0.2) is 17.0 Å². The van der Waals surface area contributed by atoms with Crippen molar-refractivity contribution in [1.29, 1.82) is 0 Å². The summed E-state index contributed by atoms with van der Waals surface area (Å²) in [5.74, 6) is 0.539. The Morgan fingerprint density at radius 1 is 1.09 bits per heavy atom. The molecule has 2 aliphatic rings. The lowest BCUT2D eigenvalue weighted by molar-refractivity contribution is 0.260. The van der Waals surface area contributed by atoms with E-state index in [1.165, 1.54) is 16.4 Å². The molecule has 3 unspecified atom stereocenters. The Hall–Kier alpha value is -0.0400. The molecule has 8 heteroatoms. The van der Waals surface area contributed by atoms with Gasteiger partial charge in [-0.2, -0.15) is 4.31 Å². The molecule has 122 valence electrons. The highest BCUT2D eigenvalue weighted by molar-refractivity contribution is 7.89. The average molecular weight is 384 g/mol. The number of fused-ring (bicyclic) bond motifs is 1. The van der Waals surface area contributed by atoms with Gasteiger partial charge in [0.25, 0.3) is 0 Å². The first-order valence-corrected chi connectivity index (χ1v) is 9.78. The van der Waals surface area contributed by atoms with Gasteiger partial charge < -0.3 is 5.73 Å². The van der Waals surface area contributed by atoms with Crippen molar-refractivity contribution in [3.05, 3.63) is 27.2 Å². The zero-order valence-corrected chi connectivity index (χ0v) is 14.9. The van der Waals surface area contributed by atoms with Gasteiger partial charge in [-0.3, -0.25) is 0 Å². The molecule has 1 heterocycles. The largest absolute Gasteiger partial charge is 0.327 e. The normalized spacial score (nSPS) is 29.5. The number of halogens is 3. The van der Waals surface area contributed by atoms with Gasteiger partial charge in [0.05, 0.1) is 10.0 Å². The lowest BCUT2D eigenvalue weighted by Crippen LogP contribution is -2.38. The maximum absolute atomic E-state index is 12.9. The standard InChI is InChI=1S/C14H17Cl3N2O2S/c15-9-4-11(16)14(12(17)5-9)22(20,21)19-6-8-2-1-3-13(18)10(8)7-19/h4-5,8,10,13H,1-3,6-7,18H2. The third kappa shape index (κ3) is 2.87. The van der Waals surface area contributed by atoms with Crippen LogP contribution >= 0.6 is 34.8 Å². The smallest absolute Gasteiger partial charge is 0.246 e. The highest BCUT2D eigenvalue weighted by Crippen LogP contribution is 2.41. The summed E-state index contributed by atoms with van der Waals surface area (Å²) in [6.45, 7) is 0.916. The molecular weight excluding hydrogens is 367 g/mol. The minimum absolute atomic E-state index is 0.0525. The molecule has 1 aromatic carbocycles. The summed E-state index contributed by atoms with van der Waals surface area (Å²) in [5.41, 5.74) is 6.15. The fourth-order valence-electron chi connectivity index (χ4n) is 3.58. The number of nitrogens with zero attached hydrogens (tertiary/aromatic N) is 1. The second-order valence-corrected chi connectivity index (χ2v) is 9.16. The zero-order valence-electron chi connectivity index (χ0n) is 11.8. The van der Waals surface area contributed by atoms with E-state index >= 15 is 0 Å². The van der Waals surface area contributed by atoms with Crippen molar-refractivity contribution in [1.82, 2.24) is 4.31 Å². The average Bonchev–Trinajstić information content (AvgIpc) is 2.83. The van der Waals surface area contributed by atoms with Gasteiger partial charge in [0.1, 0.15) is 4.90 Å². The molecule has 0 amide bonds. The van der Waals surface area contributed by atoms with Crippen molar-refractivity contribution in [2.24, 2.45) is 17.6 Å². The zero-order chi connectivity index (χ0) is 16.1. The number of benzene rings is 1. The Morgan fingerprint density at radius 2 is 1.73 bits per heavy atom. The quantitative estimate of drug-likeness (QED) is 0.851. The van der Waals surface area contributed by atoms with Crippen LogP contribution < -0.4 is 5.73 Å². The molecule has 2 N–H and O–H groups in total. The fourth-order valence-corrected chi connectivity index (χ4v) is 6.60. The number of sulfonamides is 1. The van der Waals surface area contributed by atoms with E-state index in [1.807, 2.05) is 0 Å². The predicted molar refractivity (Wildman–Crippen MR) is 89.0 cm³/mol. The second-order valence-electron chi connectivity index (χ2n) is 6.04. The van der Waals surface area contributed by atoms with Crippen molar-refractivity contribution < 1.29 is 8.42 Å². The first kappa shape index (κ1) is 16.8. The Bertz CT molecular complexity index is 672. The van der Waals surface area contributed by atoms with E-state index < -0.39 is 10.0 Å². The molecule has 0 radical (unpaired) electrons. The molecule has 1 saturated carbocycles. The molecule has 1 aliphatic carbocycles. The Labute approximate surface area is 145 Å². The highest BCUT2D eigenvalue weighted by atomic mass is 35.5. The Morgan fingerprint density at radius 3 is 2.32 bits per heavy atom. The summed E-state index contributed by atoms with van der Waals surface area (Å²) in [6.07, 6.45) is 3.03. The molecule has 0 aromatic heterocycles. The van der Waals surface area contributed by atoms with Gasteiger partial charge in [0.2, 0.25) is 10.0 Å². The van der Waals surface area contributed by atoms with E-state index in [9.17, 15) is 8.42 Å². The van der Waals surface area contributed by atoms with Crippen LogP contribution in [-0.4, -0.2) is 31.9 Å². The molecule has 0 bridgehead atoms. The minimum atomic E-state index is -3.74. The van der Waals surface area contributed by atoms with Crippen LogP contribution in [0.4, 0.5) is 0 Å². The molecule has 3 atom stereocenters. The molecule has 1 aliphatic heterocycles. The summed E-state index contributed by atoms with van der Waals surface area (Å²) < 4.78 is 27.3. The molecule has 1 saturated heterocycles. The topological polar surface area (TPSA) is 63.4 Å². The lowest BCUT2D eigenvalue weighted by atomic mass is 9.78. The van der Waals surface area contributed by atoms with Gasteiger partial charge in [-0.05, 0) is 36.8 Å². The van der Waals surface area contributed by atoms with Crippen LogP contribution in [0.5, 0.6) is 0 Å². The van der Waals surface area contributed by atoms with Crippen LogP contribution in [-0.2, 0) is 10.0 Å². The van der Waals surface area contributed by atoms with Gasteiger partial charge in [-0.15, -0.1) is 0 Å². The monoisotopic (exact) mass is 382 g/mol. The number of nitrogens with two attached hydrogens (primary N) is 1. The lowest BCUT2D eigenvalue weighted by Gasteiger charge is -2.29. The molecular formula is C14H17Cl3N2O2S. The van der Waals surface area contributed by atoms with Gasteiger partial charge in [0.15, 0.2) is 0 Å². The van der Waals surface area contributed by atoms with Crippen molar-refractivity contribution in [3.8, 4) is 0 Å². The molecule has 3 rings (SSSR count). The fraction of sp³-hybridized carbons (Fsp3) is 0.571. The molecule has 22 heavy (non-hydrogen) atoms. The van der Waals surface area contributed by atoms with Gasteiger partial charge in [0, 0.05) is 24.2 Å². The summed E-state index contributed by atoms with van der Waals surface area (Å²) in [4.78, 5) is -0.0625. The molecule has 0 spiro atoms. The Kier molecular flexibility index (Phi) is 4.67. The van der Waals surface area contributed by atoms with Crippen LogP contribution in [0.2, 0.25) is 15.1 Å². The van der Waals surface area contributed by atoms with Crippen molar-refractivity contribution >= 4 is 44.8 Å². The third-order valence-electron chi connectivity index (χ3n) is 4.68. The summed E-state index contributed by atoms with van der Waals surface area (Å²) >= 11 is 18.0. The van der Waals surface area contributed by atoms with Gasteiger partial charge in [-0.1, -0.05) is 41.2 Å². The van der Waals surface area contributed by atoms with E-state index in [4.69, 9.17) is 40.5 Å². The summed E-state index contributed by atoms with van der Waals surface area (Å²) in [7, 11) is -3.74. The molecule has 2 fully saturated rings. The molecule has 4 nitrogen and oxygen atoms in total. The van der Waals surface area contributed by atoms with Crippen molar-refractivity contribution in [3.63, 3.8) is 0 Å². The van der Waals surface area contributed by atoms with Crippen molar-refractivity contribution in [2.45, 2.75) is 30.2 Å². The van der Waals surface area contributed by atoms with E-state index in [-0.39, 0.29) is 26.9 Å². The van der Waals surface area contributed by atoms with E-state index in [0.29, 0.717) is 24.0 Å². The van der Waals surface area contributed by atoms with E-state index in [1.54, 1.807) is 0 Å². The maximum Gasteiger partial charge on any atom is 0.246 e. The van der Waals surface area contributed by atoms with E-state index in [2.05, 4.69) is 0 Å².